The van der Waals surface area contributed by atoms with Gasteiger partial charge in [0, 0.05) is 71.2 Å². The third-order valence-corrected chi connectivity index (χ3v) is 10.6. The van der Waals surface area contributed by atoms with Crippen LogP contribution in [0.2, 0.25) is 0 Å². The minimum absolute atomic E-state index is 0.666. The molecule has 0 atom stereocenters. The lowest BCUT2D eigenvalue weighted by Crippen LogP contribution is -1.97. The number of hydrogen-bond donors (Lipinski definition) is 0. The lowest BCUT2D eigenvalue weighted by Gasteiger charge is -2.14. The first-order chi connectivity index (χ1) is 24.8. The lowest BCUT2D eigenvalue weighted by molar-refractivity contribution is 0.670. The number of pyridine rings is 1. The Bertz CT molecular complexity index is 2870. The standard InChI is InChI=1S/C45H27N3OS/c1-2-11-28(12-3-1)45-47-38(33-15-5-4-14-31(33)30-13-10-24-46-27-30)26-39(48-45)36-23-22-32(44-43(36)37-17-6-8-18-40(37)49-44)29-20-21-35-34-16-7-9-19-41(34)50-42(35)25-29/h1-27H. The van der Waals surface area contributed by atoms with E-state index < -0.39 is 0 Å². The second-order valence-corrected chi connectivity index (χ2v) is 13.5. The molecular weight excluding hydrogens is 631 g/mol. The topological polar surface area (TPSA) is 51.8 Å². The van der Waals surface area contributed by atoms with Crippen molar-refractivity contribution in [3.8, 4) is 56.2 Å². The van der Waals surface area contributed by atoms with Gasteiger partial charge in [-0.05, 0) is 47.5 Å². The molecule has 10 rings (SSSR count). The molecule has 0 fully saturated rings. The Balaban J connectivity index is 1.22. The van der Waals surface area contributed by atoms with E-state index in [1.165, 1.54) is 20.2 Å². The van der Waals surface area contributed by atoms with Gasteiger partial charge in [0.1, 0.15) is 11.2 Å². The third-order valence-electron chi connectivity index (χ3n) is 9.43. The summed E-state index contributed by atoms with van der Waals surface area (Å²) >= 11 is 1.83. The summed E-state index contributed by atoms with van der Waals surface area (Å²) in [7, 11) is 0. The Hall–Kier alpha value is -6.43. The fourth-order valence-electron chi connectivity index (χ4n) is 7.08. The number of aromatic nitrogens is 3. The molecule has 234 valence electrons. The van der Waals surface area contributed by atoms with E-state index in [-0.39, 0.29) is 0 Å². The highest BCUT2D eigenvalue weighted by Crippen LogP contribution is 2.44. The van der Waals surface area contributed by atoms with Crippen LogP contribution >= 0.6 is 11.3 Å². The van der Waals surface area contributed by atoms with E-state index in [0.29, 0.717) is 5.82 Å². The van der Waals surface area contributed by atoms with Crippen LogP contribution in [0.5, 0.6) is 0 Å². The Morgan fingerprint density at radius 3 is 2.02 bits per heavy atom. The van der Waals surface area contributed by atoms with Crippen LogP contribution in [-0.2, 0) is 0 Å². The zero-order chi connectivity index (χ0) is 33.0. The van der Waals surface area contributed by atoms with Gasteiger partial charge in [-0.3, -0.25) is 4.98 Å². The summed E-state index contributed by atoms with van der Waals surface area (Å²) in [6.45, 7) is 0. The van der Waals surface area contributed by atoms with Crippen molar-refractivity contribution in [3.63, 3.8) is 0 Å². The Morgan fingerprint density at radius 2 is 1.16 bits per heavy atom. The van der Waals surface area contributed by atoms with E-state index in [1.807, 2.05) is 53.9 Å². The molecule has 50 heavy (non-hydrogen) atoms. The highest BCUT2D eigenvalue weighted by molar-refractivity contribution is 7.25. The van der Waals surface area contributed by atoms with Gasteiger partial charge < -0.3 is 4.42 Å². The highest BCUT2D eigenvalue weighted by Gasteiger charge is 2.21. The number of benzene rings is 6. The Labute approximate surface area is 292 Å². The summed E-state index contributed by atoms with van der Waals surface area (Å²) in [5.41, 5.74) is 10.6. The first-order valence-electron chi connectivity index (χ1n) is 16.6. The van der Waals surface area contributed by atoms with Crippen LogP contribution in [0.15, 0.2) is 168 Å². The fourth-order valence-corrected chi connectivity index (χ4v) is 8.23. The van der Waals surface area contributed by atoms with E-state index in [9.17, 15) is 0 Å². The SMILES string of the molecule is c1ccc(-c2nc(-c3ccccc3-c3cccnc3)cc(-c3ccc(-c4ccc5c(c4)sc4ccccc45)c4oc5ccccc5c34)n2)cc1. The molecule has 0 bridgehead atoms. The van der Waals surface area contributed by atoms with Gasteiger partial charge in [0.25, 0.3) is 0 Å². The van der Waals surface area contributed by atoms with Crippen molar-refractivity contribution < 1.29 is 4.42 Å². The zero-order valence-corrected chi connectivity index (χ0v) is 27.6. The summed E-state index contributed by atoms with van der Waals surface area (Å²) in [6, 6.07) is 52.8. The summed E-state index contributed by atoms with van der Waals surface area (Å²) < 4.78 is 9.29. The molecule has 0 saturated heterocycles. The van der Waals surface area contributed by atoms with Gasteiger partial charge in [-0.1, -0.05) is 115 Å². The molecule has 6 aromatic carbocycles. The minimum Gasteiger partial charge on any atom is -0.455 e. The number of rotatable bonds is 5. The molecule has 0 spiro atoms. The maximum atomic E-state index is 6.73. The van der Waals surface area contributed by atoms with Crippen LogP contribution in [0.3, 0.4) is 0 Å². The fraction of sp³-hybridized carbons (Fsp3) is 0. The van der Waals surface area contributed by atoms with Crippen LogP contribution in [0.25, 0.3) is 98.3 Å². The van der Waals surface area contributed by atoms with Crippen molar-refractivity contribution in [2.24, 2.45) is 0 Å². The summed E-state index contributed by atoms with van der Waals surface area (Å²) in [5, 5.41) is 4.67. The Morgan fingerprint density at radius 1 is 0.460 bits per heavy atom. The summed E-state index contributed by atoms with van der Waals surface area (Å²) in [5.74, 6) is 0.666. The second-order valence-electron chi connectivity index (χ2n) is 12.4. The molecule has 0 N–H and O–H groups in total. The number of thiophene rings is 1. The molecule has 0 unspecified atom stereocenters. The molecule has 0 aliphatic carbocycles. The lowest BCUT2D eigenvalue weighted by atomic mass is 9.94. The highest BCUT2D eigenvalue weighted by atomic mass is 32.1. The second kappa shape index (κ2) is 11.6. The number of furan rings is 1. The first-order valence-corrected chi connectivity index (χ1v) is 17.4. The molecule has 0 amide bonds. The smallest absolute Gasteiger partial charge is 0.160 e. The zero-order valence-electron chi connectivity index (χ0n) is 26.7. The predicted molar refractivity (Wildman–Crippen MR) is 207 cm³/mol. The number of hydrogen-bond acceptors (Lipinski definition) is 5. The van der Waals surface area contributed by atoms with Gasteiger partial charge in [0.15, 0.2) is 5.82 Å². The van der Waals surface area contributed by atoms with Crippen molar-refractivity contribution in [3.05, 3.63) is 164 Å². The van der Waals surface area contributed by atoms with Gasteiger partial charge in [-0.25, -0.2) is 9.97 Å². The molecule has 0 aliphatic rings. The van der Waals surface area contributed by atoms with Crippen molar-refractivity contribution >= 4 is 53.4 Å². The van der Waals surface area contributed by atoms with E-state index in [4.69, 9.17) is 14.4 Å². The summed E-state index contributed by atoms with van der Waals surface area (Å²) in [4.78, 5) is 14.8. The molecule has 5 heteroatoms. The molecular formula is C45H27N3OS. The van der Waals surface area contributed by atoms with Gasteiger partial charge in [0.05, 0.1) is 11.4 Å². The van der Waals surface area contributed by atoms with Gasteiger partial charge >= 0.3 is 0 Å². The first kappa shape index (κ1) is 28.6. The van der Waals surface area contributed by atoms with Crippen molar-refractivity contribution in [1.29, 1.82) is 0 Å². The maximum absolute atomic E-state index is 6.73. The van der Waals surface area contributed by atoms with Crippen LogP contribution in [0, 0.1) is 0 Å². The van der Waals surface area contributed by atoms with E-state index >= 15 is 0 Å². The normalized spacial score (nSPS) is 11.6. The largest absolute Gasteiger partial charge is 0.455 e. The average molecular weight is 658 g/mol. The summed E-state index contributed by atoms with van der Waals surface area (Å²) in [6.07, 6.45) is 3.70. The van der Waals surface area contributed by atoms with Crippen molar-refractivity contribution in [1.82, 2.24) is 15.0 Å². The van der Waals surface area contributed by atoms with Crippen LogP contribution < -0.4 is 0 Å². The minimum atomic E-state index is 0.666. The molecule has 0 radical (unpaired) electrons. The third kappa shape index (κ3) is 4.71. The molecule has 4 nitrogen and oxygen atoms in total. The average Bonchev–Trinajstić information content (AvgIpc) is 3.77. The molecule has 4 heterocycles. The quantitative estimate of drug-likeness (QED) is 0.185. The van der Waals surface area contributed by atoms with E-state index in [0.717, 1.165) is 72.3 Å². The van der Waals surface area contributed by atoms with Gasteiger partial charge in [-0.2, -0.15) is 0 Å². The van der Waals surface area contributed by atoms with Crippen LogP contribution in [0.1, 0.15) is 0 Å². The van der Waals surface area contributed by atoms with Gasteiger partial charge in [-0.15, -0.1) is 11.3 Å². The predicted octanol–water partition coefficient (Wildman–Crippen LogP) is 12.5. The van der Waals surface area contributed by atoms with Crippen molar-refractivity contribution in [2.75, 3.05) is 0 Å². The van der Waals surface area contributed by atoms with E-state index in [1.54, 1.807) is 6.20 Å². The number of para-hydroxylation sites is 1. The van der Waals surface area contributed by atoms with E-state index in [2.05, 4.69) is 120 Å². The molecule has 4 aromatic heterocycles. The molecule has 10 aromatic rings. The van der Waals surface area contributed by atoms with Crippen LogP contribution in [-0.4, -0.2) is 15.0 Å². The Kier molecular flexibility index (Phi) is 6.64. The monoisotopic (exact) mass is 657 g/mol. The van der Waals surface area contributed by atoms with Gasteiger partial charge in [0.2, 0.25) is 0 Å². The number of fused-ring (bicyclic) bond motifs is 6. The number of nitrogens with zero attached hydrogens (tertiary/aromatic N) is 3. The molecule has 0 saturated carbocycles. The van der Waals surface area contributed by atoms with Crippen molar-refractivity contribution in [2.45, 2.75) is 0 Å². The van der Waals surface area contributed by atoms with Crippen LogP contribution in [0.4, 0.5) is 0 Å². The molecule has 0 aliphatic heterocycles. The maximum Gasteiger partial charge on any atom is 0.160 e.